The summed E-state index contributed by atoms with van der Waals surface area (Å²) in [6.45, 7) is 1.51. The van der Waals surface area contributed by atoms with Gasteiger partial charge in [0, 0.05) is 29.8 Å². The monoisotopic (exact) mass is 267 g/mol. The minimum atomic E-state index is 0.510. The number of nitrogen functional groups attached to an aromatic ring is 1. The van der Waals surface area contributed by atoms with Gasteiger partial charge in [0.15, 0.2) is 0 Å². The molecule has 3 aromatic rings. The van der Waals surface area contributed by atoms with Gasteiger partial charge in [-0.3, -0.25) is 4.90 Å². The summed E-state index contributed by atoms with van der Waals surface area (Å²) in [6, 6.07) is 10.0. The fourth-order valence-corrected chi connectivity index (χ4v) is 2.34. The Kier molecular flexibility index (Phi) is 3.35. The van der Waals surface area contributed by atoms with Crippen LogP contribution in [0.3, 0.4) is 0 Å². The number of nitrogens with zero attached hydrogens (tertiary/aromatic N) is 3. The summed E-state index contributed by atoms with van der Waals surface area (Å²) >= 11 is 0. The van der Waals surface area contributed by atoms with E-state index in [-0.39, 0.29) is 0 Å². The van der Waals surface area contributed by atoms with Crippen molar-refractivity contribution < 1.29 is 0 Å². The number of nitrogens with two attached hydrogens (primary N) is 1. The lowest BCUT2D eigenvalue weighted by Crippen LogP contribution is -2.19. The lowest BCUT2D eigenvalue weighted by molar-refractivity contribution is 0.312. The van der Waals surface area contributed by atoms with E-state index < -0.39 is 0 Å². The molecular formula is C15H17N5. The largest absolute Gasteiger partial charge is 0.384 e. The van der Waals surface area contributed by atoms with Crippen LogP contribution in [0.25, 0.3) is 10.9 Å². The second-order valence-electron chi connectivity index (χ2n) is 4.93. The number of anilines is 1. The molecule has 0 amide bonds. The molecule has 0 saturated heterocycles. The molecule has 0 aliphatic carbocycles. The molecule has 0 spiro atoms. The van der Waals surface area contributed by atoms with Crippen LogP contribution in [0.4, 0.5) is 5.82 Å². The molecule has 2 aromatic heterocycles. The molecule has 0 fully saturated rings. The topological polar surface area (TPSA) is 70.8 Å². The highest BCUT2D eigenvalue weighted by Crippen LogP contribution is 2.19. The van der Waals surface area contributed by atoms with Crippen LogP contribution in [0.5, 0.6) is 0 Å². The van der Waals surface area contributed by atoms with Crippen LogP contribution in [0.15, 0.2) is 42.7 Å². The third kappa shape index (κ3) is 2.62. The SMILES string of the molecule is CN(Cc1nccc(N)n1)Cc1c[nH]c2ccccc12. The molecule has 0 saturated carbocycles. The Bertz CT molecular complexity index is 719. The maximum absolute atomic E-state index is 5.67. The summed E-state index contributed by atoms with van der Waals surface area (Å²) in [5, 5.41) is 1.26. The molecule has 5 nitrogen and oxygen atoms in total. The van der Waals surface area contributed by atoms with Crippen molar-refractivity contribution in [3.63, 3.8) is 0 Å². The smallest absolute Gasteiger partial charge is 0.144 e. The van der Waals surface area contributed by atoms with Crippen LogP contribution < -0.4 is 5.73 Å². The highest BCUT2D eigenvalue weighted by Gasteiger charge is 2.08. The number of aromatic nitrogens is 3. The lowest BCUT2D eigenvalue weighted by atomic mass is 10.1. The van der Waals surface area contributed by atoms with Crippen molar-refractivity contribution in [2.75, 3.05) is 12.8 Å². The molecule has 0 unspecified atom stereocenters. The number of fused-ring (bicyclic) bond motifs is 1. The first-order chi connectivity index (χ1) is 9.72. The van der Waals surface area contributed by atoms with Gasteiger partial charge in [0.25, 0.3) is 0 Å². The number of aromatic amines is 1. The number of para-hydroxylation sites is 1. The Balaban J connectivity index is 1.74. The summed E-state index contributed by atoms with van der Waals surface area (Å²) in [5.74, 6) is 1.25. The first-order valence-corrected chi connectivity index (χ1v) is 6.53. The van der Waals surface area contributed by atoms with Gasteiger partial charge in [-0.2, -0.15) is 0 Å². The Morgan fingerprint density at radius 1 is 1.20 bits per heavy atom. The standard InChI is InChI=1S/C15H17N5/c1-20(10-15-17-7-6-14(16)19-15)9-11-8-18-13-5-3-2-4-12(11)13/h2-8,18H,9-10H2,1H3,(H2,16,17,19). The molecule has 2 heterocycles. The Labute approximate surface area is 117 Å². The van der Waals surface area contributed by atoms with Crippen molar-refractivity contribution in [3.8, 4) is 0 Å². The van der Waals surface area contributed by atoms with E-state index in [0.29, 0.717) is 12.4 Å². The van der Waals surface area contributed by atoms with Crippen LogP contribution in [0.2, 0.25) is 0 Å². The molecule has 0 bridgehead atoms. The second-order valence-corrected chi connectivity index (χ2v) is 4.93. The summed E-state index contributed by atoms with van der Waals surface area (Å²) in [4.78, 5) is 13.9. The predicted octanol–water partition coefficient (Wildman–Crippen LogP) is 2.17. The van der Waals surface area contributed by atoms with Gasteiger partial charge in [-0.1, -0.05) is 18.2 Å². The van der Waals surface area contributed by atoms with Gasteiger partial charge >= 0.3 is 0 Å². The van der Waals surface area contributed by atoms with E-state index in [4.69, 9.17) is 5.73 Å². The molecule has 0 aliphatic heterocycles. The highest BCUT2D eigenvalue weighted by atomic mass is 15.1. The quantitative estimate of drug-likeness (QED) is 0.760. The average molecular weight is 267 g/mol. The third-order valence-corrected chi connectivity index (χ3v) is 3.25. The molecule has 102 valence electrons. The van der Waals surface area contributed by atoms with E-state index in [1.54, 1.807) is 12.3 Å². The van der Waals surface area contributed by atoms with Gasteiger partial charge < -0.3 is 10.7 Å². The number of benzene rings is 1. The first-order valence-electron chi connectivity index (χ1n) is 6.53. The van der Waals surface area contributed by atoms with Crippen LogP contribution >= 0.6 is 0 Å². The fourth-order valence-electron chi connectivity index (χ4n) is 2.34. The number of hydrogen-bond donors (Lipinski definition) is 2. The third-order valence-electron chi connectivity index (χ3n) is 3.25. The molecule has 20 heavy (non-hydrogen) atoms. The van der Waals surface area contributed by atoms with Crippen molar-refractivity contribution in [1.29, 1.82) is 0 Å². The highest BCUT2D eigenvalue weighted by molar-refractivity contribution is 5.82. The summed E-state index contributed by atoms with van der Waals surface area (Å²) < 4.78 is 0. The van der Waals surface area contributed by atoms with Crippen LogP contribution in [-0.2, 0) is 13.1 Å². The van der Waals surface area contributed by atoms with Gasteiger partial charge in [-0.25, -0.2) is 9.97 Å². The maximum Gasteiger partial charge on any atom is 0.144 e. The number of H-pyrrole nitrogens is 1. The van der Waals surface area contributed by atoms with Crippen molar-refractivity contribution in [2.24, 2.45) is 0 Å². The molecule has 5 heteroatoms. The van der Waals surface area contributed by atoms with E-state index in [1.807, 2.05) is 13.1 Å². The molecule has 3 N–H and O–H groups in total. The van der Waals surface area contributed by atoms with Gasteiger partial charge in [-0.05, 0) is 24.7 Å². The molecule has 0 atom stereocenters. The zero-order valence-electron chi connectivity index (χ0n) is 11.4. The van der Waals surface area contributed by atoms with Crippen molar-refractivity contribution in [1.82, 2.24) is 19.9 Å². The maximum atomic E-state index is 5.67. The van der Waals surface area contributed by atoms with E-state index in [9.17, 15) is 0 Å². The van der Waals surface area contributed by atoms with Crippen LogP contribution in [0.1, 0.15) is 11.4 Å². The summed E-state index contributed by atoms with van der Waals surface area (Å²) in [6.07, 6.45) is 3.75. The molecule has 1 aromatic carbocycles. The van der Waals surface area contributed by atoms with Crippen LogP contribution in [0, 0.1) is 0 Å². The fraction of sp³-hybridized carbons (Fsp3) is 0.200. The number of rotatable bonds is 4. The number of nitrogens with one attached hydrogen (secondary N) is 1. The van der Waals surface area contributed by atoms with Crippen LogP contribution in [-0.4, -0.2) is 26.9 Å². The Morgan fingerprint density at radius 3 is 2.90 bits per heavy atom. The Hall–Kier alpha value is -2.40. The van der Waals surface area contributed by atoms with Crippen molar-refractivity contribution >= 4 is 16.7 Å². The normalized spacial score (nSPS) is 11.3. The minimum absolute atomic E-state index is 0.510. The average Bonchev–Trinajstić information content (AvgIpc) is 2.82. The van der Waals surface area contributed by atoms with E-state index in [0.717, 1.165) is 17.9 Å². The zero-order valence-corrected chi connectivity index (χ0v) is 11.4. The molecular weight excluding hydrogens is 250 g/mol. The van der Waals surface area contributed by atoms with Gasteiger partial charge in [0.2, 0.25) is 0 Å². The van der Waals surface area contributed by atoms with E-state index in [2.05, 4.69) is 44.2 Å². The second kappa shape index (κ2) is 5.30. The Morgan fingerprint density at radius 2 is 2.05 bits per heavy atom. The molecule has 3 rings (SSSR count). The van der Waals surface area contributed by atoms with Gasteiger partial charge in [-0.15, -0.1) is 0 Å². The summed E-state index contributed by atoms with van der Waals surface area (Å²) in [7, 11) is 2.05. The first kappa shape index (κ1) is 12.6. The van der Waals surface area contributed by atoms with Gasteiger partial charge in [0.1, 0.15) is 11.6 Å². The van der Waals surface area contributed by atoms with Gasteiger partial charge in [0.05, 0.1) is 6.54 Å². The number of hydrogen-bond acceptors (Lipinski definition) is 4. The van der Waals surface area contributed by atoms with E-state index in [1.165, 1.54) is 10.9 Å². The zero-order chi connectivity index (χ0) is 13.9. The molecule has 0 aliphatic rings. The lowest BCUT2D eigenvalue weighted by Gasteiger charge is -2.15. The molecule has 0 radical (unpaired) electrons. The minimum Gasteiger partial charge on any atom is -0.384 e. The van der Waals surface area contributed by atoms with Crippen molar-refractivity contribution in [3.05, 3.63) is 54.1 Å². The van der Waals surface area contributed by atoms with E-state index >= 15 is 0 Å². The van der Waals surface area contributed by atoms with Crippen molar-refractivity contribution in [2.45, 2.75) is 13.1 Å². The predicted molar refractivity (Wildman–Crippen MR) is 79.9 cm³/mol. The summed E-state index contributed by atoms with van der Waals surface area (Å²) in [5.41, 5.74) is 8.10.